The van der Waals surface area contributed by atoms with Crippen molar-refractivity contribution in [1.82, 2.24) is 10.2 Å². The Morgan fingerprint density at radius 2 is 2.20 bits per heavy atom. The Morgan fingerprint density at radius 1 is 1.40 bits per heavy atom. The molecular formula is C13H28N2. The van der Waals surface area contributed by atoms with Crippen LogP contribution < -0.4 is 5.32 Å². The van der Waals surface area contributed by atoms with E-state index >= 15 is 0 Å². The van der Waals surface area contributed by atoms with Crippen molar-refractivity contribution in [3.63, 3.8) is 0 Å². The van der Waals surface area contributed by atoms with Crippen LogP contribution in [0.25, 0.3) is 0 Å². The van der Waals surface area contributed by atoms with Crippen LogP contribution in [0.5, 0.6) is 0 Å². The van der Waals surface area contributed by atoms with E-state index in [0.29, 0.717) is 6.04 Å². The predicted octanol–water partition coefficient (Wildman–Crippen LogP) is 2.50. The normalized spacial score (nSPS) is 24.6. The van der Waals surface area contributed by atoms with Gasteiger partial charge in [-0.1, -0.05) is 20.3 Å². The molecule has 0 radical (unpaired) electrons. The number of hydrogen-bond acceptors (Lipinski definition) is 2. The van der Waals surface area contributed by atoms with Crippen molar-refractivity contribution in [1.29, 1.82) is 0 Å². The molecule has 0 aromatic carbocycles. The Hall–Kier alpha value is -0.0800. The van der Waals surface area contributed by atoms with Crippen LogP contribution in [0.2, 0.25) is 0 Å². The minimum absolute atomic E-state index is 0.694. The van der Waals surface area contributed by atoms with Gasteiger partial charge in [-0.05, 0) is 51.7 Å². The quantitative estimate of drug-likeness (QED) is 0.697. The molecule has 0 bridgehead atoms. The summed E-state index contributed by atoms with van der Waals surface area (Å²) < 4.78 is 0. The second-order valence-corrected chi connectivity index (χ2v) is 4.96. The molecule has 1 N–H and O–H groups in total. The first kappa shape index (κ1) is 13.0. The van der Waals surface area contributed by atoms with Crippen LogP contribution >= 0.6 is 0 Å². The van der Waals surface area contributed by atoms with Crippen molar-refractivity contribution in [3.8, 4) is 0 Å². The summed E-state index contributed by atoms with van der Waals surface area (Å²) in [5.74, 6) is 0.983. The number of likely N-dealkylation sites (tertiary alicyclic amines) is 1. The molecule has 2 nitrogen and oxygen atoms in total. The van der Waals surface area contributed by atoms with Gasteiger partial charge in [-0.3, -0.25) is 0 Å². The smallest absolute Gasteiger partial charge is 0.00390 e. The van der Waals surface area contributed by atoms with Crippen molar-refractivity contribution < 1.29 is 0 Å². The molecular weight excluding hydrogens is 184 g/mol. The van der Waals surface area contributed by atoms with Gasteiger partial charge in [0.25, 0.3) is 0 Å². The van der Waals surface area contributed by atoms with Gasteiger partial charge in [-0.15, -0.1) is 0 Å². The van der Waals surface area contributed by atoms with Crippen LogP contribution in [0, 0.1) is 5.92 Å². The molecule has 2 atom stereocenters. The van der Waals surface area contributed by atoms with Crippen LogP contribution in [0.4, 0.5) is 0 Å². The second-order valence-electron chi connectivity index (χ2n) is 4.96. The summed E-state index contributed by atoms with van der Waals surface area (Å²) in [5, 5.41) is 3.47. The molecule has 2 heteroatoms. The van der Waals surface area contributed by atoms with E-state index < -0.39 is 0 Å². The Labute approximate surface area is 95.4 Å². The van der Waals surface area contributed by atoms with Crippen LogP contribution in [-0.2, 0) is 0 Å². The largest absolute Gasteiger partial charge is 0.315 e. The minimum Gasteiger partial charge on any atom is -0.315 e. The third kappa shape index (κ3) is 4.98. The molecule has 1 aliphatic heterocycles. The maximum atomic E-state index is 3.47. The summed E-state index contributed by atoms with van der Waals surface area (Å²) in [6.45, 7) is 11.9. The molecule has 1 aliphatic rings. The molecule has 1 saturated heterocycles. The molecule has 1 heterocycles. The highest BCUT2D eigenvalue weighted by Crippen LogP contribution is 2.19. The standard InChI is InChI=1S/C13H28N2/c1-4-13-8-10-15(11-13)9-6-7-12(3)14-5-2/h12-14H,4-11H2,1-3H3. The summed E-state index contributed by atoms with van der Waals surface area (Å²) in [6, 6.07) is 0.694. The van der Waals surface area contributed by atoms with E-state index in [9.17, 15) is 0 Å². The van der Waals surface area contributed by atoms with Crippen molar-refractivity contribution in [3.05, 3.63) is 0 Å². The highest BCUT2D eigenvalue weighted by atomic mass is 15.1. The van der Waals surface area contributed by atoms with Gasteiger partial charge in [0.05, 0.1) is 0 Å². The first-order valence-corrected chi connectivity index (χ1v) is 6.72. The lowest BCUT2D eigenvalue weighted by Crippen LogP contribution is -2.28. The highest BCUT2D eigenvalue weighted by Gasteiger charge is 2.19. The topological polar surface area (TPSA) is 15.3 Å². The average Bonchev–Trinajstić information content (AvgIpc) is 2.66. The Bertz CT molecular complexity index is 159. The molecule has 0 amide bonds. The van der Waals surface area contributed by atoms with E-state index in [1.165, 1.54) is 45.3 Å². The summed E-state index contributed by atoms with van der Waals surface area (Å²) in [6.07, 6.45) is 5.47. The lowest BCUT2D eigenvalue weighted by atomic mass is 10.1. The van der Waals surface area contributed by atoms with E-state index in [1.54, 1.807) is 0 Å². The van der Waals surface area contributed by atoms with Crippen molar-refractivity contribution in [2.75, 3.05) is 26.2 Å². The van der Waals surface area contributed by atoms with Gasteiger partial charge in [0.2, 0.25) is 0 Å². The summed E-state index contributed by atoms with van der Waals surface area (Å²) >= 11 is 0. The minimum atomic E-state index is 0.694. The van der Waals surface area contributed by atoms with Crippen LogP contribution in [0.3, 0.4) is 0 Å². The average molecular weight is 212 g/mol. The SMILES string of the molecule is CCNC(C)CCCN1CCC(CC)C1. The van der Waals surface area contributed by atoms with Gasteiger partial charge in [0.1, 0.15) is 0 Å². The van der Waals surface area contributed by atoms with E-state index in [1.807, 2.05) is 0 Å². The van der Waals surface area contributed by atoms with Crippen molar-refractivity contribution in [2.24, 2.45) is 5.92 Å². The Balaban J connectivity index is 2.01. The van der Waals surface area contributed by atoms with E-state index in [-0.39, 0.29) is 0 Å². The molecule has 0 aromatic rings. The molecule has 15 heavy (non-hydrogen) atoms. The maximum Gasteiger partial charge on any atom is 0.00390 e. The third-order valence-corrected chi connectivity index (χ3v) is 3.61. The highest BCUT2D eigenvalue weighted by molar-refractivity contribution is 4.74. The third-order valence-electron chi connectivity index (χ3n) is 3.61. The van der Waals surface area contributed by atoms with Gasteiger partial charge < -0.3 is 10.2 Å². The Morgan fingerprint density at radius 3 is 2.80 bits per heavy atom. The molecule has 2 unspecified atom stereocenters. The molecule has 0 spiro atoms. The molecule has 0 aromatic heterocycles. The molecule has 1 rings (SSSR count). The fourth-order valence-electron chi connectivity index (χ4n) is 2.52. The molecule has 90 valence electrons. The van der Waals surface area contributed by atoms with Gasteiger partial charge in [0, 0.05) is 12.6 Å². The van der Waals surface area contributed by atoms with Gasteiger partial charge >= 0.3 is 0 Å². The van der Waals surface area contributed by atoms with Gasteiger partial charge in [-0.25, -0.2) is 0 Å². The van der Waals surface area contributed by atoms with Crippen molar-refractivity contribution in [2.45, 2.75) is 52.5 Å². The Kier molecular flexibility index (Phi) is 6.26. The first-order valence-electron chi connectivity index (χ1n) is 6.72. The van der Waals surface area contributed by atoms with Gasteiger partial charge in [-0.2, -0.15) is 0 Å². The van der Waals surface area contributed by atoms with Crippen molar-refractivity contribution >= 4 is 0 Å². The number of rotatable bonds is 7. The van der Waals surface area contributed by atoms with Crippen LogP contribution in [0.1, 0.15) is 46.5 Å². The zero-order chi connectivity index (χ0) is 11.1. The first-order chi connectivity index (χ1) is 7.26. The maximum absolute atomic E-state index is 3.47. The fraction of sp³-hybridized carbons (Fsp3) is 1.00. The predicted molar refractivity (Wildman–Crippen MR) is 67.2 cm³/mol. The van der Waals surface area contributed by atoms with E-state index in [2.05, 4.69) is 31.0 Å². The van der Waals surface area contributed by atoms with E-state index in [4.69, 9.17) is 0 Å². The number of hydrogen-bond donors (Lipinski definition) is 1. The van der Waals surface area contributed by atoms with Crippen LogP contribution in [-0.4, -0.2) is 37.1 Å². The fourth-order valence-corrected chi connectivity index (χ4v) is 2.52. The van der Waals surface area contributed by atoms with Crippen LogP contribution in [0.15, 0.2) is 0 Å². The summed E-state index contributed by atoms with van der Waals surface area (Å²) in [7, 11) is 0. The zero-order valence-corrected chi connectivity index (χ0v) is 10.8. The van der Waals surface area contributed by atoms with E-state index in [0.717, 1.165) is 12.5 Å². The lowest BCUT2D eigenvalue weighted by Gasteiger charge is -2.17. The van der Waals surface area contributed by atoms with Gasteiger partial charge in [0.15, 0.2) is 0 Å². The lowest BCUT2D eigenvalue weighted by molar-refractivity contribution is 0.308. The number of nitrogens with zero attached hydrogens (tertiary/aromatic N) is 1. The molecule has 1 fully saturated rings. The molecule has 0 aliphatic carbocycles. The number of nitrogens with one attached hydrogen (secondary N) is 1. The zero-order valence-electron chi connectivity index (χ0n) is 10.8. The summed E-state index contributed by atoms with van der Waals surface area (Å²) in [4.78, 5) is 2.65. The monoisotopic (exact) mass is 212 g/mol. The summed E-state index contributed by atoms with van der Waals surface area (Å²) in [5.41, 5.74) is 0. The molecule has 0 saturated carbocycles. The second kappa shape index (κ2) is 7.24.